The predicted octanol–water partition coefficient (Wildman–Crippen LogP) is 3.47. The summed E-state index contributed by atoms with van der Waals surface area (Å²) < 4.78 is 0. The van der Waals surface area contributed by atoms with Gasteiger partial charge in [0, 0.05) is 0 Å². The molecule has 0 bridgehead atoms. The van der Waals surface area contributed by atoms with Crippen LogP contribution in [-0.2, 0) is 0 Å². The highest BCUT2D eigenvalue weighted by atomic mass is 35.5. The Balaban J connectivity index is 2.96. The molecule has 0 aromatic heterocycles. The first-order chi connectivity index (χ1) is 4.70. The van der Waals surface area contributed by atoms with E-state index in [1.165, 1.54) is 5.56 Å². The van der Waals surface area contributed by atoms with Crippen LogP contribution < -0.4 is 0 Å². The normalized spacial score (nSPS) is 10.4. The van der Waals surface area contributed by atoms with Crippen molar-refractivity contribution in [3.05, 3.63) is 35.4 Å². The molecule has 54 valence electrons. The summed E-state index contributed by atoms with van der Waals surface area (Å²) in [5.41, 5.74) is 2.15. The van der Waals surface area contributed by atoms with E-state index in [4.69, 9.17) is 23.2 Å². The second kappa shape index (κ2) is 3.27. The number of aryl methyl sites for hydroxylation is 1. The molecule has 0 nitrogen and oxygen atoms in total. The summed E-state index contributed by atoms with van der Waals surface area (Å²) in [5.74, 6) is 0. The summed E-state index contributed by atoms with van der Waals surface area (Å²) >= 11 is 11.3. The maximum absolute atomic E-state index is 5.64. The maximum Gasteiger partial charge on any atom is 0.132 e. The van der Waals surface area contributed by atoms with Gasteiger partial charge in [-0.1, -0.05) is 29.8 Å². The number of rotatable bonds is 1. The van der Waals surface area contributed by atoms with E-state index in [1.807, 2.05) is 31.2 Å². The van der Waals surface area contributed by atoms with Crippen LogP contribution in [0.4, 0.5) is 0 Å². The van der Waals surface area contributed by atoms with Gasteiger partial charge in [0.15, 0.2) is 0 Å². The molecule has 1 rings (SSSR count). The van der Waals surface area contributed by atoms with Gasteiger partial charge in [-0.15, -0.1) is 23.2 Å². The Kier molecular flexibility index (Phi) is 2.58. The van der Waals surface area contributed by atoms with Gasteiger partial charge in [0.25, 0.3) is 0 Å². The number of hydrogen-bond acceptors (Lipinski definition) is 0. The smallest absolute Gasteiger partial charge is 0.100 e. The van der Waals surface area contributed by atoms with Crippen LogP contribution in [0.5, 0.6) is 0 Å². The molecule has 1 aromatic rings. The lowest BCUT2D eigenvalue weighted by Crippen LogP contribution is -1.81. The van der Waals surface area contributed by atoms with Crippen molar-refractivity contribution in [3.8, 4) is 0 Å². The fourth-order valence-corrected chi connectivity index (χ4v) is 1.08. The molecule has 0 N–H and O–H groups in total. The number of alkyl halides is 2. The first-order valence-electron chi connectivity index (χ1n) is 3.05. The molecule has 0 fully saturated rings. The van der Waals surface area contributed by atoms with Gasteiger partial charge >= 0.3 is 0 Å². The third-order valence-electron chi connectivity index (χ3n) is 1.29. The molecular weight excluding hydrogens is 167 g/mol. The van der Waals surface area contributed by atoms with Gasteiger partial charge in [-0.2, -0.15) is 0 Å². The van der Waals surface area contributed by atoms with E-state index in [0.717, 1.165) is 5.56 Å². The van der Waals surface area contributed by atoms with Gasteiger partial charge < -0.3 is 0 Å². The molecule has 0 radical (unpaired) electrons. The SMILES string of the molecule is Cc1cccc(C(Cl)Cl)c1. The lowest BCUT2D eigenvalue weighted by atomic mass is 10.2. The highest BCUT2D eigenvalue weighted by molar-refractivity contribution is 6.44. The van der Waals surface area contributed by atoms with Crippen LogP contribution >= 0.6 is 23.2 Å². The molecule has 0 spiro atoms. The molecule has 1 aromatic carbocycles. The van der Waals surface area contributed by atoms with E-state index < -0.39 is 4.84 Å². The molecule has 0 amide bonds. The number of hydrogen-bond donors (Lipinski definition) is 0. The first kappa shape index (κ1) is 7.90. The zero-order valence-electron chi connectivity index (χ0n) is 5.64. The van der Waals surface area contributed by atoms with Crippen molar-refractivity contribution in [2.24, 2.45) is 0 Å². The zero-order chi connectivity index (χ0) is 7.56. The first-order valence-corrected chi connectivity index (χ1v) is 3.92. The predicted molar refractivity (Wildman–Crippen MR) is 45.6 cm³/mol. The Morgan fingerprint density at radius 3 is 2.40 bits per heavy atom. The van der Waals surface area contributed by atoms with Crippen LogP contribution in [0.3, 0.4) is 0 Å². The second-order valence-corrected chi connectivity index (χ2v) is 3.31. The number of halogens is 2. The Hall–Kier alpha value is -0.200. The Bertz CT molecular complexity index is 218. The van der Waals surface area contributed by atoms with Crippen LogP contribution in [0.1, 0.15) is 16.0 Å². The van der Waals surface area contributed by atoms with E-state index in [9.17, 15) is 0 Å². The van der Waals surface area contributed by atoms with Gasteiger partial charge in [0.2, 0.25) is 0 Å². The molecular formula is C8H8Cl2. The molecule has 0 aliphatic carbocycles. The topological polar surface area (TPSA) is 0 Å². The highest BCUT2D eigenvalue weighted by Gasteiger charge is 2.00. The lowest BCUT2D eigenvalue weighted by Gasteiger charge is -2.00. The van der Waals surface area contributed by atoms with Crippen LogP contribution in [0, 0.1) is 6.92 Å². The average molecular weight is 175 g/mol. The van der Waals surface area contributed by atoms with Gasteiger partial charge in [-0.3, -0.25) is 0 Å². The van der Waals surface area contributed by atoms with Crippen LogP contribution in [0.2, 0.25) is 0 Å². The molecule has 0 saturated carbocycles. The second-order valence-electron chi connectivity index (χ2n) is 2.21. The van der Waals surface area contributed by atoms with Crippen molar-refractivity contribution in [3.63, 3.8) is 0 Å². The minimum atomic E-state index is -0.403. The summed E-state index contributed by atoms with van der Waals surface area (Å²) in [4.78, 5) is -0.403. The molecule has 2 heteroatoms. The van der Waals surface area contributed by atoms with Gasteiger partial charge in [-0.05, 0) is 12.5 Å². The fraction of sp³-hybridized carbons (Fsp3) is 0.250. The molecule has 0 atom stereocenters. The van der Waals surface area contributed by atoms with Crippen molar-refractivity contribution < 1.29 is 0 Å². The summed E-state index contributed by atoms with van der Waals surface area (Å²) in [6, 6.07) is 7.85. The average Bonchev–Trinajstić information content (AvgIpc) is 1.88. The van der Waals surface area contributed by atoms with Crippen molar-refractivity contribution in [2.45, 2.75) is 11.8 Å². The zero-order valence-corrected chi connectivity index (χ0v) is 7.15. The lowest BCUT2D eigenvalue weighted by molar-refractivity contribution is 1.31. The molecule has 0 saturated heterocycles. The van der Waals surface area contributed by atoms with E-state index >= 15 is 0 Å². The van der Waals surface area contributed by atoms with Gasteiger partial charge in [0.1, 0.15) is 4.84 Å². The van der Waals surface area contributed by atoms with Crippen molar-refractivity contribution >= 4 is 23.2 Å². The van der Waals surface area contributed by atoms with E-state index in [1.54, 1.807) is 0 Å². The van der Waals surface area contributed by atoms with Crippen molar-refractivity contribution in [1.29, 1.82) is 0 Å². The van der Waals surface area contributed by atoms with Crippen LogP contribution in [0.15, 0.2) is 24.3 Å². The van der Waals surface area contributed by atoms with Crippen LogP contribution in [0.25, 0.3) is 0 Å². The molecule has 10 heavy (non-hydrogen) atoms. The molecule has 0 unspecified atom stereocenters. The fourth-order valence-electron chi connectivity index (χ4n) is 0.806. The maximum atomic E-state index is 5.64. The van der Waals surface area contributed by atoms with E-state index in [-0.39, 0.29) is 0 Å². The standard InChI is InChI=1S/C8H8Cl2/c1-6-3-2-4-7(5-6)8(9)10/h2-5,8H,1H3. The van der Waals surface area contributed by atoms with Crippen molar-refractivity contribution in [2.75, 3.05) is 0 Å². The van der Waals surface area contributed by atoms with E-state index in [2.05, 4.69) is 0 Å². The van der Waals surface area contributed by atoms with Crippen molar-refractivity contribution in [1.82, 2.24) is 0 Å². The summed E-state index contributed by atoms with van der Waals surface area (Å²) in [6.07, 6.45) is 0. The summed E-state index contributed by atoms with van der Waals surface area (Å²) in [7, 11) is 0. The highest BCUT2D eigenvalue weighted by Crippen LogP contribution is 2.24. The van der Waals surface area contributed by atoms with E-state index in [0.29, 0.717) is 0 Å². The molecule has 0 heterocycles. The Labute approximate surface area is 70.8 Å². The minimum Gasteiger partial charge on any atom is -0.100 e. The van der Waals surface area contributed by atoms with Gasteiger partial charge in [-0.25, -0.2) is 0 Å². The third-order valence-corrected chi connectivity index (χ3v) is 1.80. The minimum absolute atomic E-state index is 0.403. The third kappa shape index (κ3) is 1.89. The van der Waals surface area contributed by atoms with Gasteiger partial charge in [0.05, 0.1) is 0 Å². The Morgan fingerprint density at radius 2 is 2.00 bits per heavy atom. The Morgan fingerprint density at radius 1 is 1.30 bits per heavy atom. The summed E-state index contributed by atoms with van der Waals surface area (Å²) in [6.45, 7) is 2.01. The quantitative estimate of drug-likeness (QED) is 0.573. The molecule has 0 aliphatic rings. The van der Waals surface area contributed by atoms with Crippen LogP contribution in [-0.4, -0.2) is 0 Å². The molecule has 0 aliphatic heterocycles. The largest absolute Gasteiger partial charge is 0.132 e. The summed E-state index contributed by atoms with van der Waals surface area (Å²) in [5, 5.41) is 0. The number of benzene rings is 1. The monoisotopic (exact) mass is 174 g/mol.